The second kappa shape index (κ2) is 9.84. The zero-order chi connectivity index (χ0) is 20.8. The van der Waals surface area contributed by atoms with Gasteiger partial charge >= 0.3 is 0 Å². The van der Waals surface area contributed by atoms with Crippen molar-refractivity contribution in [3.8, 4) is 5.75 Å². The van der Waals surface area contributed by atoms with E-state index in [0.29, 0.717) is 18.2 Å². The maximum absolute atomic E-state index is 12.6. The van der Waals surface area contributed by atoms with E-state index in [1.807, 2.05) is 43.6 Å². The molecule has 0 saturated carbocycles. The topological polar surface area (TPSA) is 74.8 Å². The van der Waals surface area contributed by atoms with E-state index in [4.69, 9.17) is 4.74 Å². The number of aryl methyl sites for hydroxylation is 1. The minimum atomic E-state index is -0.0277. The van der Waals surface area contributed by atoms with Crippen LogP contribution in [-0.4, -0.2) is 60.4 Å². The monoisotopic (exact) mass is 416 g/mol. The lowest BCUT2D eigenvalue weighted by atomic mass is 9.96. The van der Waals surface area contributed by atoms with Gasteiger partial charge in [0.1, 0.15) is 5.75 Å². The molecule has 1 fully saturated rings. The molecule has 3 rings (SSSR count). The van der Waals surface area contributed by atoms with Crippen LogP contribution in [0.1, 0.15) is 24.1 Å². The van der Waals surface area contributed by atoms with Gasteiger partial charge in [-0.05, 0) is 50.6 Å². The van der Waals surface area contributed by atoms with E-state index in [2.05, 4.69) is 15.2 Å². The number of likely N-dealkylation sites (tertiary alicyclic amines) is 1. The fraction of sp³-hybridized carbons (Fsp3) is 0.476. The fourth-order valence-corrected chi connectivity index (χ4v) is 4.11. The Labute approximate surface area is 175 Å². The molecule has 0 aliphatic carbocycles. The van der Waals surface area contributed by atoms with Crippen molar-refractivity contribution in [2.24, 2.45) is 5.92 Å². The van der Waals surface area contributed by atoms with Gasteiger partial charge in [-0.1, -0.05) is 12.1 Å². The summed E-state index contributed by atoms with van der Waals surface area (Å²) in [6.07, 6.45) is 1.51. The summed E-state index contributed by atoms with van der Waals surface area (Å²) in [5.41, 5.74) is 1.95. The first kappa shape index (κ1) is 21.3. The number of thiazole rings is 1. The minimum Gasteiger partial charge on any atom is -0.497 e. The summed E-state index contributed by atoms with van der Waals surface area (Å²) in [4.78, 5) is 33.2. The molecule has 0 spiro atoms. The van der Waals surface area contributed by atoms with Gasteiger partial charge in [0, 0.05) is 24.9 Å². The number of benzene rings is 1. The molecular weight excluding hydrogens is 388 g/mol. The number of rotatable bonds is 7. The van der Waals surface area contributed by atoms with Crippen LogP contribution < -0.4 is 10.1 Å². The maximum Gasteiger partial charge on any atom is 0.236 e. The average molecular weight is 417 g/mol. The van der Waals surface area contributed by atoms with Crippen LogP contribution >= 0.6 is 11.3 Å². The molecule has 0 atom stereocenters. The summed E-state index contributed by atoms with van der Waals surface area (Å²) in [5.74, 6) is 0.867. The highest BCUT2D eigenvalue weighted by molar-refractivity contribution is 7.13. The van der Waals surface area contributed by atoms with Crippen LogP contribution in [0, 0.1) is 12.8 Å². The molecule has 1 aliphatic heterocycles. The Hall–Kier alpha value is -2.45. The van der Waals surface area contributed by atoms with Crippen molar-refractivity contribution in [1.29, 1.82) is 0 Å². The van der Waals surface area contributed by atoms with Gasteiger partial charge in [-0.25, -0.2) is 4.98 Å². The number of hydrogen-bond donors (Lipinski definition) is 1. The SMILES string of the molecule is COc1cccc(CN(C)C(=O)CN2CCC(C(=O)Nc3nc(C)cs3)CC2)c1. The second-order valence-corrected chi connectivity index (χ2v) is 8.29. The van der Waals surface area contributed by atoms with Gasteiger partial charge in [0.15, 0.2) is 5.13 Å². The molecule has 1 N–H and O–H groups in total. The number of amides is 2. The van der Waals surface area contributed by atoms with Crippen molar-refractivity contribution in [2.45, 2.75) is 26.3 Å². The minimum absolute atomic E-state index is 0.0277. The number of likely N-dealkylation sites (N-methyl/N-ethyl adjacent to an activating group) is 1. The molecule has 0 unspecified atom stereocenters. The normalized spacial score (nSPS) is 15.1. The summed E-state index contributed by atoms with van der Waals surface area (Å²) in [6, 6.07) is 7.74. The molecule has 0 bridgehead atoms. The molecule has 1 aromatic carbocycles. The summed E-state index contributed by atoms with van der Waals surface area (Å²) in [7, 11) is 3.45. The third-order valence-corrected chi connectivity index (χ3v) is 6.02. The lowest BCUT2D eigenvalue weighted by Gasteiger charge is -2.31. The lowest BCUT2D eigenvalue weighted by molar-refractivity contribution is -0.132. The quantitative estimate of drug-likeness (QED) is 0.751. The fourth-order valence-electron chi connectivity index (χ4n) is 3.42. The Morgan fingerprint density at radius 1 is 1.34 bits per heavy atom. The van der Waals surface area contributed by atoms with Gasteiger partial charge in [0.25, 0.3) is 0 Å². The van der Waals surface area contributed by atoms with Gasteiger partial charge in [-0.15, -0.1) is 11.3 Å². The third-order valence-electron chi connectivity index (χ3n) is 5.15. The zero-order valence-corrected chi connectivity index (χ0v) is 18.0. The van der Waals surface area contributed by atoms with Gasteiger partial charge in [-0.2, -0.15) is 0 Å². The number of nitrogens with zero attached hydrogens (tertiary/aromatic N) is 3. The zero-order valence-electron chi connectivity index (χ0n) is 17.2. The number of piperidine rings is 1. The Morgan fingerprint density at radius 2 is 2.10 bits per heavy atom. The summed E-state index contributed by atoms with van der Waals surface area (Å²) >= 11 is 1.45. The first-order valence-electron chi connectivity index (χ1n) is 9.77. The average Bonchev–Trinajstić information content (AvgIpc) is 3.13. The van der Waals surface area contributed by atoms with E-state index in [1.165, 1.54) is 11.3 Å². The third kappa shape index (κ3) is 6.01. The van der Waals surface area contributed by atoms with Gasteiger partial charge in [0.05, 0.1) is 19.3 Å². The van der Waals surface area contributed by atoms with Gasteiger partial charge in [0.2, 0.25) is 11.8 Å². The maximum atomic E-state index is 12.6. The molecule has 8 heteroatoms. The van der Waals surface area contributed by atoms with Gasteiger partial charge < -0.3 is 15.0 Å². The Kier molecular flexibility index (Phi) is 7.22. The molecule has 1 aliphatic rings. The molecule has 29 heavy (non-hydrogen) atoms. The molecular formula is C21H28N4O3S. The van der Waals surface area contributed by atoms with Crippen molar-refractivity contribution in [3.05, 3.63) is 40.9 Å². The standard InChI is InChI=1S/C21H28N4O3S/c1-15-14-29-21(22-15)23-20(27)17-7-9-25(10-8-17)13-19(26)24(2)12-16-5-4-6-18(11-16)28-3/h4-6,11,14,17H,7-10,12-13H2,1-3H3,(H,22,23,27). The lowest BCUT2D eigenvalue weighted by Crippen LogP contribution is -2.43. The predicted molar refractivity (Wildman–Crippen MR) is 114 cm³/mol. The number of anilines is 1. The van der Waals surface area contributed by atoms with Crippen molar-refractivity contribution in [1.82, 2.24) is 14.8 Å². The number of methoxy groups -OCH3 is 1. The number of nitrogens with one attached hydrogen (secondary N) is 1. The molecule has 2 heterocycles. The Bertz CT molecular complexity index is 846. The largest absolute Gasteiger partial charge is 0.497 e. The Morgan fingerprint density at radius 3 is 2.76 bits per heavy atom. The van der Waals surface area contributed by atoms with E-state index in [9.17, 15) is 9.59 Å². The first-order chi connectivity index (χ1) is 13.9. The highest BCUT2D eigenvalue weighted by Gasteiger charge is 2.27. The molecule has 156 valence electrons. The number of ether oxygens (including phenoxy) is 1. The van der Waals surface area contributed by atoms with Crippen molar-refractivity contribution in [3.63, 3.8) is 0 Å². The number of hydrogen-bond acceptors (Lipinski definition) is 6. The molecule has 2 aromatic rings. The van der Waals surface area contributed by atoms with E-state index in [-0.39, 0.29) is 17.7 Å². The van der Waals surface area contributed by atoms with Crippen LogP contribution in [0.5, 0.6) is 5.75 Å². The number of carbonyl (C=O) groups is 2. The molecule has 7 nitrogen and oxygen atoms in total. The van der Waals surface area contributed by atoms with Crippen LogP contribution in [0.25, 0.3) is 0 Å². The molecule has 1 saturated heterocycles. The van der Waals surface area contributed by atoms with E-state index in [1.54, 1.807) is 12.0 Å². The van der Waals surface area contributed by atoms with Crippen molar-refractivity contribution in [2.75, 3.05) is 39.1 Å². The number of aromatic nitrogens is 1. The Balaban J connectivity index is 1.43. The summed E-state index contributed by atoms with van der Waals surface area (Å²) < 4.78 is 5.24. The number of carbonyl (C=O) groups excluding carboxylic acids is 2. The van der Waals surface area contributed by atoms with E-state index in [0.717, 1.165) is 42.9 Å². The first-order valence-corrected chi connectivity index (χ1v) is 10.6. The van der Waals surface area contributed by atoms with Crippen LogP contribution in [0.3, 0.4) is 0 Å². The van der Waals surface area contributed by atoms with Crippen LogP contribution in [0.2, 0.25) is 0 Å². The molecule has 0 radical (unpaired) electrons. The molecule has 1 aromatic heterocycles. The van der Waals surface area contributed by atoms with Crippen LogP contribution in [0.4, 0.5) is 5.13 Å². The van der Waals surface area contributed by atoms with Crippen LogP contribution in [0.15, 0.2) is 29.6 Å². The highest BCUT2D eigenvalue weighted by Crippen LogP contribution is 2.21. The summed E-state index contributed by atoms with van der Waals surface area (Å²) in [5, 5.41) is 5.49. The highest BCUT2D eigenvalue weighted by atomic mass is 32.1. The van der Waals surface area contributed by atoms with Crippen molar-refractivity contribution >= 4 is 28.3 Å². The van der Waals surface area contributed by atoms with Crippen LogP contribution in [-0.2, 0) is 16.1 Å². The van der Waals surface area contributed by atoms with E-state index >= 15 is 0 Å². The van der Waals surface area contributed by atoms with Gasteiger partial charge in [-0.3, -0.25) is 14.5 Å². The van der Waals surface area contributed by atoms with E-state index < -0.39 is 0 Å². The predicted octanol–water partition coefficient (Wildman–Crippen LogP) is 2.77. The summed E-state index contributed by atoms with van der Waals surface area (Å²) in [6.45, 7) is 4.32. The molecule has 2 amide bonds. The second-order valence-electron chi connectivity index (χ2n) is 7.44. The smallest absolute Gasteiger partial charge is 0.236 e. The van der Waals surface area contributed by atoms with Crippen molar-refractivity contribution < 1.29 is 14.3 Å².